The zero-order valence-electron chi connectivity index (χ0n) is 11.7. The van der Waals surface area contributed by atoms with E-state index in [-0.39, 0.29) is 17.0 Å². The Morgan fingerprint density at radius 3 is 2.48 bits per heavy atom. The molecule has 2 aromatic rings. The number of nitrogens with two attached hydrogens (primary N) is 1. The fourth-order valence-corrected chi connectivity index (χ4v) is 3.72. The third-order valence-electron chi connectivity index (χ3n) is 3.21. The Labute approximate surface area is 134 Å². The molecule has 0 aliphatic rings. The van der Waals surface area contributed by atoms with E-state index in [1.807, 2.05) is 32.0 Å². The second kappa shape index (κ2) is 6.46. The van der Waals surface area contributed by atoms with Gasteiger partial charge in [-0.2, -0.15) is 0 Å². The molecule has 4 nitrogen and oxygen atoms in total. The van der Waals surface area contributed by atoms with E-state index in [1.165, 1.54) is 17.4 Å². The predicted octanol–water partition coefficient (Wildman–Crippen LogP) is 3.46. The summed E-state index contributed by atoms with van der Waals surface area (Å²) in [6, 6.07) is 10.6. The minimum Gasteiger partial charge on any atom is -0.303 e. The van der Waals surface area contributed by atoms with Gasteiger partial charge in [0.25, 0.3) is 0 Å². The van der Waals surface area contributed by atoms with Crippen LogP contribution in [-0.4, -0.2) is 8.42 Å². The number of halogens is 1. The lowest BCUT2D eigenvalue weighted by atomic mass is 10.1. The summed E-state index contributed by atoms with van der Waals surface area (Å²) >= 11 is 7.47. The van der Waals surface area contributed by atoms with Gasteiger partial charge in [-0.3, -0.25) is 0 Å². The molecule has 3 N–H and O–H groups in total. The van der Waals surface area contributed by atoms with Gasteiger partial charge in [0, 0.05) is 17.0 Å². The first-order valence-corrected chi connectivity index (χ1v) is 9.15. The summed E-state index contributed by atoms with van der Waals surface area (Å²) in [6.45, 7) is 4.02. The standard InChI is InChI=1S/C14H17ClN2O2S2/c1-9(17-10(2)13-6-7-14(15)20-13)11-4-3-5-12(8-11)21(16,18)19/h3-10,17H,1-2H3,(H2,16,18,19). The predicted molar refractivity (Wildman–Crippen MR) is 87.1 cm³/mol. The Hall–Kier alpha value is -0.920. The van der Waals surface area contributed by atoms with E-state index in [9.17, 15) is 8.42 Å². The van der Waals surface area contributed by atoms with Gasteiger partial charge >= 0.3 is 0 Å². The number of rotatable bonds is 5. The second-order valence-electron chi connectivity index (χ2n) is 4.87. The van der Waals surface area contributed by atoms with Crippen LogP contribution in [0.25, 0.3) is 0 Å². The summed E-state index contributed by atoms with van der Waals surface area (Å²) in [7, 11) is -3.68. The second-order valence-corrected chi connectivity index (χ2v) is 8.18. The van der Waals surface area contributed by atoms with Crippen molar-refractivity contribution in [1.29, 1.82) is 0 Å². The Balaban J connectivity index is 2.15. The Morgan fingerprint density at radius 2 is 1.90 bits per heavy atom. The molecule has 114 valence electrons. The van der Waals surface area contributed by atoms with Crippen LogP contribution in [0.15, 0.2) is 41.3 Å². The van der Waals surface area contributed by atoms with Crippen molar-refractivity contribution in [3.8, 4) is 0 Å². The first-order chi connectivity index (χ1) is 9.77. The minimum absolute atomic E-state index is 0.0115. The number of thiophene rings is 1. The molecule has 7 heteroatoms. The molecule has 2 rings (SSSR count). The van der Waals surface area contributed by atoms with Crippen LogP contribution in [0.1, 0.15) is 36.4 Å². The van der Waals surface area contributed by atoms with E-state index in [0.717, 1.165) is 14.8 Å². The van der Waals surface area contributed by atoms with E-state index in [0.29, 0.717) is 0 Å². The number of benzene rings is 1. The lowest BCUT2D eigenvalue weighted by molar-refractivity contribution is 0.499. The lowest BCUT2D eigenvalue weighted by Gasteiger charge is -2.20. The maximum atomic E-state index is 11.4. The molecular weight excluding hydrogens is 328 g/mol. The number of primary sulfonamides is 1. The van der Waals surface area contributed by atoms with Crippen LogP contribution in [0.2, 0.25) is 4.34 Å². The van der Waals surface area contributed by atoms with E-state index in [1.54, 1.807) is 12.1 Å². The van der Waals surface area contributed by atoms with Crippen molar-refractivity contribution in [3.05, 3.63) is 51.2 Å². The third-order valence-corrected chi connectivity index (χ3v) is 5.53. The molecule has 0 bridgehead atoms. The Morgan fingerprint density at radius 1 is 1.19 bits per heavy atom. The zero-order chi connectivity index (χ0) is 15.6. The molecule has 0 radical (unpaired) electrons. The van der Waals surface area contributed by atoms with Gasteiger partial charge in [-0.05, 0) is 43.7 Å². The first kappa shape index (κ1) is 16.5. The van der Waals surface area contributed by atoms with Crippen LogP contribution >= 0.6 is 22.9 Å². The first-order valence-electron chi connectivity index (χ1n) is 6.41. The topological polar surface area (TPSA) is 72.2 Å². The fraction of sp³-hybridized carbons (Fsp3) is 0.286. The molecule has 1 aromatic carbocycles. The molecule has 0 amide bonds. The highest BCUT2D eigenvalue weighted by Gasteiger charge is 2.15. The van der Waals surface area contributed by atoms with Crippen LogP contribution in [0.3, 0.4) is 0 Å². The summed E-state index contributed by atoms with van der Waals surface area (Å²) in [6.07, 6.45) is 0. The van der Waals surface area contributed by atoms with Crippen molar-refractivity contribution in [2.24, 2.45) is 5.14 Å². The van der Waals surface area contributed by atoms with Crippen molar-refractivity contribution >= 4 is 33.0 Å². The molecule has 0 saturated heterocycles. The van der Waals surface area contributed by atoms with Gasteiger partial charge < -0.3 is 5.32 Å². The van der Waals surface area contributed by atoms with Crippen LogP contribution in [0.4, 0.5) is 0 Å². The zero-order valence-corrected chi connectivity index (χ0v) is 14.1. The molecule has 21 heavy (non-hydrogen) atoms. The molecule has 1 aromatic heterocycles. The van der Waals surface area contributed by atoms with Crippen LogP contribution < -0.4 is 10.5 Å². The molecule has 2 atom stereocenters. The molecule has 0 fully saturated rings. The van der Waals surface area contributed by atoms with E-state index >= 15 is 0 Å². The highest BCUT2D eigenvalue weighted by molar-refractivity contribution is 7.89. The molecule has 0 aliphatic heterocycles. The highest BCUT2D eigenvalue weighted by Crippen LogP contribution is 2.28. The van der Waals surface area contributed by atoms with Gasteiger partial charge in [-0.15, -0.1) is 11.3 Å². The summed E-state index contributed by atoms with van der Waals surface area (Å²) in [5.74, 6) is 0. The van der Waals surface area contributed by atoms with Crippen LogP contribution in [-0.2, 0) is 10.0 Å². The van der Waals surface area contributed by atoms with Crippen molar-refractivity contribution in [2.45, 2.75) is 30.8 Å². The Kier molecular flexibility index (Phi) is 5.06. The number of hydrogen-bond acceptors (Lipinski definition) is 4. The average Bonchev–Trinajstić information content (AvgIpc) is 2.84. The minimum atomic E-state index is -3.68. The summed E-state index contributed by atoms with van der Waals surface area (Å²) in [5.41, 5.74) is 0.871. The average molecular weight is 345 g/mol. The number of sulfonamides is 1. The summed E-state index contributed by atoms with van der Waals surface area (Å²) in [5, 5.41) is 8.58. The van der Waals surface area contributed by atoms with E-state index in [4.69, 9.17) is 16.7 Å². The SMILES string of the molecule is CC(NC(C)c1ccc(Cl)s1)c1cccc(S(N)(=O)=O)c1. The van der Waals surface area contributed by atoms with Gasteiger partial charge in [0.05, 0.1) is 9.23 Å². The Bertz CT molecular complexity index is 728. The number of hydrogen-bond donors (Lipinski definition) is 2. The van der Waals surface area contributed by atoms with Crippen molar-refractivity contribution < 1.29 is 8.42 Å². The summed E-state index contributed by atoms with van der Waals surface area (Å²) < 4.78 is 23.5. The lowest BCUT2D eigenvalue weighted by Crippen LogP contribution is -2.22. The molecule has 2 unspecified atom stereocenters. The maximum absolute atomic E-state index is 11.4. The number of nitrogens with one attached hydrogen (secondary N) is 1. The van der Waals surface area contributed by atoms with Crippen molar-refractivity contribution in [1.82, 2.24) is 5.32 Å². The molecule has 0 aliphatic carbocycles. The fourth-order valence-electron chi connectivity index (χ4n) is 2.08. The smallest absolute Gasteiger partial charge is 0.238 e. The molecule has 0 spiro atoms. The van der Waals surface area contributed by atoms with Crippen molar-refractivity contribution in [2.75, 3.05) is 0 Å². The van der Waals surface area contributed by atoms with Gasteiger partial charge in [-0.25, -0.2) is 13.6 Å². The van der Waals surface area contributed by atoms with Gasteiger partial charge in [0.2, 0.25) is 10.0 Å². The van der Waals surface area contributed by atoms with E-state index < -0.39 is 10.0 Å². The normalized spacial score (nSPS) is 14.9. The highest BCUT2D eigenvalue weighted by atomic mass is 35.5. The van der Waals surface area contributed by atoms with Gasteiger partial charge in [0.15, 0.2) is 0 Å². The monoisotopic (exact) mass is 344 g/mol. The van der Waals surface area contributed by atoms with Crippen molar-refractivity contribution in [3.63, 3.8) is 0 Å². The molecular formula is C14H17ClN2O2S2. The van der Waals surface area contributed by atoms with E-state index in [2.05, 4.69) is 5.32 Å². The van der Waals surface area contributed by atoms with Crippen LogP contribution in [0, 0.1) is 0 Å². The van der Waals surface area contributed by atoms with Gasteiger partial charge in [0.1, 0.15) is 0 Å². The van der Waals surface area contributed by atoms with Crippen LogP contribution in [0.5, 0.6) is 0 Å². The maximum Gasteiger partial charge on any atom is 0.238 e. The quantitative estimate of drug-likeness (QED) is 0.872. The molecule has 0 saturated carbocycles. The largest absolute Gasteiger partial charge is 0.303 e. The molecule has 1 heterocycles. The summed E-state index contributed by atoms with van der Waals surface area (Å²) in [4.78, 5) is 1.26. The van der Waals surface area contributed by atoms with Gasteiger partial charge in [-0.1, -0.05) is 23.7 Å². The third kappa shape index (κ3) is 4.28.